The van der Waals surface area contributed by atoms with Gasteiger partial charge in [-0.25, -0.2) is 0 Å². The number of aliphatic hydroxyl groups excluding tert-OH is 1. The van der Waals surface area contributed by atoms with Gasteiger partial charge < -0.3 is 9.90 Å². The summed E-state index contributed by atoms with van der Waals surface area (Å²) in [5.41, 5.74) is 0. The fraction of sp³-hybridized carbons (Fsp3) is 0.875. The Bertz CT molecular complexity index is 138. The van der Waals surface area contributed by atoms with E-state index in [-0.39, 0.29) is 6.10 Å². The third-order valence-electron chi connectivity index (χ3n) is 2.34. The second-order valence-corrected chi connectivity index (χ2v) is 3.26. The number of likely N-dealkylation sites (tertiary alicyclic amines) is 1. The number of β-amino-alcohol motifs (C(OH)–C–C–N with tert-alkyl or cyclic N) is 1. The van der Waals surface area contributed by atoms with Gasteiger partial charge >= 0.3 is 0 Å². The van der Waals surface area contributed by atoms with Crippen LogP contribution in [0.4, 0.5) is 0 Å². The van der Waals surface area contributed by atoms with Crippen LogP contribution in [0.3, 0.4) is 0 Å². The van der Waals surface area contributed by atoms with Crippen molar-refractivity contribution in [3.05, 3.63) is 0 Å². The summed E-state index contributed by atoms with van der Waals surface area (Å²) in [4.78, 5) is 12.1. The second kappa shape index (κ2) is 3.83. The molecule has 0 saturated carbocycles. The lowest BCUT2D eigenvalue weighted by Crippen LogP contribution is -2.43. The van der Waals surface area contributed by atoms with Crippen molar-refractivity contribution in [2.75, 3.05) is 19.6 Å². The Morgan fingerprint density at radius 1 is 1.73 bits per heavy atom. The predicted octanol–water partition coefficient (Wildman–Crippen LogP) is -0.112. The monoisotopic (exact) mass is 157 g/mol. The quantitative estimate of drug-likeness (QED) is 0.568. The minimum absolute atomic E-state index is 0.247. The molecule has 0 aliphatic carbocycles. The maximum atomic E-state index is 10.1. The standard InChI is InChI=1S/C8H15NO2/c1-7-2-3-9(4-5-10)6-8(7)11/h5,7-8,11H,2-4,6H2,1H3. The fourth-order valence-electron chi connectivity index (χ4n) is 1.39. The SMILES string of the molecule is CC1CCN(CC=O)CC1O. The van der Waals surface area contributed by atoms with Crippen molar-refractivity contribution in [1.82, 2.24) is 4.90 Å². The molecule has 0 aromatic heterocycles. The second-order valence-electron chi connectivity index (χ2n) is 3.26. The summed E-state index contributed by atoms with van der Waals surface area (Å²) in [6, 6.07) is 0. The summed E-state index contributed by atoms with van der Waals surface area (Å²) >= 11 is 0. The Hall–Kier alpha value is -0.410. The summed E-state index contributed by atoms with van der Waals surface area (Å²) in [6.45, 7) is 4.10. The molecule has 1 fully saturated rings. The molecular formula is C8H15NO2. The van der Waals surface area contributed by atoms with E-state index < -0.39 is 0 Å². The molecule has 1 N–H and O–H groups in total. The number of nitrogens with zero attached hydrogens (tertiary/aromatic N) is 1. The molecule has 0 aromatic carbocycles. The van der Waals surface area contributed by atoms with Gasteiger partial charge in [-0.15, -0.1) is 0 Å². The summed E-state index contributed by atoms with van der Waals surface area (Å²) in [7, 11) is 0. The van der Waals surface area contributed by atoms with Crippen LogP contribution >= 0.6 is 0 Å². The number of piperidine rings is 1. The van der Waals surface area contributed by atoms with E-state index in [0.29, 0.717) is 19.0 Å². The highest BCUT2D eigenvalue weighted by Crippen LogP contribution is 2.15. The van der Waals surface area contributed by atoms with E-state index in [1.54, 1.807) is 0 Å². The molecule has 3 heteroatoms. The maximum absolute atomic E-state index is 10.1. The van der Waals surface area contributed by atoms with E-state index in [1.807, 2.05) is 11.8 Å². The van der Waals surface area contributed by atoms with Crippen molar-refractivity contribution >= 4 is 6.29 Å². The number of carbonyl (C=O) groups is 1. The fourth-order valence-corrected chi connectivity index (χ4v) is 1.39. The summed E-state index contributed by atoms with van der Waals surface area (Å²) in [5.74, 6) is 0.387. The minimum Gasteiger partial charge on any atom is -0.392 e. The van der Waals surface area contributed by atoms with Gasteiger partial charge in [0, 0.05) is 6.54 Å². The van der Waals surface area contributed by atoms with Crippen molar-refractivity contribution in [2.45, 2.75) is 19.4 Å². The molecule has 11 heavy (non-hydrogen) atoms. The molecule has 0 aromatic rings. The molecular weight excluding hydrogens is 142 g/mol. The van der Waals surface area contributed by atoms with Crippen LogP contribution in [0.25, 0.3) is 0 Å². The summed E-state index contributed by atoms with van der Waals surface area (Å²) in [6.07, 6.45) is 1.64. The third kappa shape index (κ3) is 2.27. The lowest BCUT2D eigenvalue weighted by molar-refractivity contribution is -0.109. The Labute approximate surface area is 67.0 Å². The normalized spacial score (nSPS) is 33.6. The van der Waals surface area contributed by atoms with Gasteiger partial charge in [-0.2, -0.15) is 0 Å². The Morgan fingerprint density at radius 2 is 2.45 bits per heavy atom. The molecule has 2 unspecified atom stereocenters. The number of hydrogen-bond donors (Lipinski definition) is 1. The number of aliphatic hydroxyl groups is 1. The zero-order chi connectivity index (χ0) is 8.27. The van der Waals surface area contributed by atoms with Crippen molar-refractivity contribution in [2.24, 2.45) is 5.92 Å². The number of carbonyl (C=O) groups excluding carboxylic acids is 1. The van der Waals surface area contributed by atoms with Crippen LogP contribution in [0.1, 0.15) is 13.3 Å². The van der Waals surface area contributed by atoms with Gasteiger partial charge in [0.2, 0.25) is 0 Å². The first-order valence-corrected chi connectivity index (χ1v) is 4.08. The lowest BCUT2D eigenvalue weighted by atomic mass is 9.96. The van der Waals surface area contributed by atoms with Gasteiger partial charge in [0.1, 0.15) is 6.29 Å². The van der Waals surface area contributed by atoms with Crippen LogP contribution < -0.4 is 0 Å². The van der Waals surface area contributed by atoms with E-state index >= 15 is 0 Å². The van der Waals surface area contributed by atoms with Gasteiger partial charge in [-0.3, -0.25) is 4.90 Å². The highest BCUT2D eigenvalue weighted by molar-refractivity contribution is 5.51. The van der Waals surface area contributed by atoms with Crippen LogP contribution in [0.2, 0.25) is 0 Å². The minimum atomic E-state index is -0.247. The molecule has 64 valence electrons. The van der Waals surface area contributed by atoms with Crippen molar-refractivity contribution in [1.29, 1.82) is 0 Å². The topological polar surface area (TPSA) is 40.5 Å². The van der Waals surface area contributed by atoms with Gasteiger partial charge in [0.15, 0.2) is 0 Å². The Kier molecular flexibility index (Phi) is 3.02. The number of rotatable bonds is 2. The average Bonchev–Trinajstić information content (AvgIpc) is 1.98. The molecule has 2 atom stereocenters. The van der Waals surface area contributed by atoms with Crippen molar-refractivity contribution in [3.8, 4) is 0 Å². The molecule has 1 saturated heterocycles. The van der Waals surface area contributed by atoms with E-state index in [2.05, 4.69) is 0 Å². The molecule has 3 nitrogen and oxygen atoms in total. The maximum Gasteiger partial charge on any atom is 0.133 e. The first-order valence-electron chi connectivity index (χ1n) is 4.08. The van der Waals surface area contributed by atoms with E-state index in [4.69, 9.17) is 0 Å². The Morgan fingerprint density at radius 3 is 3.00 bits per heavy atom. The predicted molar refractivity (Wildman–Crippen MR) is 42.3 cm³/mol. The molecule has 0 amide bonds. The third-order valence-corrected chi connectivity index (χ3v) is 2.34. The molecule has 0 spiro atoms. The average molecular weight is 157 g/mol. The van der Waals surface area contributed by atoms with E-state index in [0.717, 1.165) is 19.3 Å². The van der Waals surface area contributed by atoms with Crippen LogP contribution in [0.5, 0.6) is 0 Å². The van der Waals surface area contributed by atoms with Crippen molar-refractivity contribution < 1.29 is 9.90 Å². The van der Waals surface area contributed by atoms with Gasteiger partial charge in [-0.05, 0) is 18.9 Å². The molecule has 1 heterocycles. The highest BCUT2D eigenvalue weighted by Gasteiger charge is 2.23. The zero-order valence-electron chi connectivity index (χ0n) is 6.86. The lowest BCUT2D eigenvalue weighted by Gasteiger charge is -2.32. The highest BCUT2D eigenvalue weighted by atomic mass is 16.3. The van der Waals surface area contributed by atoms with Gasteiger partial charge in [-0.1, -0.05) is 6.92 Å². The zero-order valence-corrected chi connectivity index (χ0v) is 6.86. The number of hydrogen-bond acceptors (Lipinski definition) is 3. The molecule has 1 aliphatic rings. The van der Waals surface area contributed by atoms with Crippen LogP contribution in [0, 0.1) is 5.92 Å². The Balaban J connectivity index is 2.33. The molecule has 1 rings (SSSR count). The molecule has 0 bridgehead atoms. The molecule has 0 radical (unpaired) electrons. The smallest absolute Gasteiger partial charge is 0.133 e. The van der Waals surface area contributed by atoms with Crippen molar-refractivity contribution in [3.63, 3.8) is 0 Å². The number of aldehydes is 1. The largest absolute Gasteiger partial charge is 0.392 e. The van der Waals surface area contributed by atoms with Crippen LogP contribution in [-0.2, 0) is 4.79 Å². The summed E-state index contributed by atoms with van der Waals surface area (Å²) < 4.78 is 0. The van der Waals surface area contributed by atoms with Gasteiger partial charge in [0.25, 0.3) is 0 Å². The van der Waals surface area contributed by atoms with Crippen LogP contribution in [-0.4, -0.2) is 42.0 Å². The summed E-state index contributed by atoms with van der Waals surface area (Å²) in [5, 5.41) is 9.42. The van der Waals surface area contributed by atoms with E-state index in [9.17, 15) is 9.90 Å². The van der Waals surface area contributed by atoms with Crippen LogP contribution in [0.15, 0.2) is 0 Å². The molecule has 1 aliphatic heterocycles. The first-order chi connectivity index (χ1) is 5.24. The van der Waals surface area contributed by atoms with Gasteiger partial charge in [0.05, 0.1) is 12.6 Å². The van der Waals surface area contributed by atoms with E-state index in [1.165, 1.54) is 0 Å². The first kappa shape index (κ1) is 8.68.